The van der Waals surface area contributed by atoms with Crippen molar-refractivity contribution in [2.75, 3.05) is 31.5 Å². The van der Waals surface area contributed by atoms with Crippen LogP contribution in [0, 0.1) is 13.8 Å². The molecule has 0 radical (unpaired) electrons. The summed E-state index contributed by atoms with van der Waals surface area (Å²) in [7, 11) is -3.69. The number of benzene rings is 4. The Kier molecular flexibility index (Phi) is 9.66. The second-order valence-electron chi connectivity index (χ2n) is 10.8. The molecular formula is C34H36BrN3O4S. The smallest absolute Gasteiger partial charge is 0.265 e. The van der Waals surface area contributed by atoms with Crippen molar-refractivity contribution in [2.24, 2.45) is 0 Å². The van der Waals surface area contributed by atoms with E-state index in [0.29, 0.717) is 37.6 Å². The molecule has 0 saturated carbocycles. The van der Waals surface area contributed by atoms with Crippen LogP contribution in [0.15, 0.2) is 106 Å². The quantitative estimate of drug-likeness (QED) is 0.220. The van der Waals surface area contributed by atoms with Gasteiger partial charge in [0.2, 0.25) is 10.0 Å². The SMILES string of the molecule is Cc1cc(Br)cc(C)c1OC(C)C(=O)Nc1ccc(S(=O)(=O)N2CCN(C(c3ccccc3)c3ccccc3)CC2)cc1. The van der Waals surface area contributed by atoms with Crippen LogP contribution in [0.25, 0.3) is 0 Å². The first-order valence-corrected chi connectivity index (χ1v) is 16.5. The van der Waals surface area contributed by atoms with Gasteiger partial charge in [0.15, 0.2) is 6.10 Å². The number of nitrogens with one attached hydrogen (secondary N) is 1. The van der Waals surface area contributed by atoms with Crippen molar-refractivity contribution in [3.8, 4) is 5.75 Å². The Labute approximate surface area is 262 Å². The lowest BCUT2D eigenvalue weighted by Crippen LogP contribution is -2.49. The highest BCUT2D eigenvalue weighted by Gasteiger charge is 2.32. The normalized spacial score (nSPS) is 15.3. The first-order chi connectivity index (χ1) is 20.6. The molecule has 0 spiro atoms. The standard InChI is InChI=1S/C34H36BrN3O4S/c1-24-22-29(35)23-25(2)33(24)42-26(3)34(39)36-30-14-16-31(17-15-30)43(40,41)38-20-18-37(19-21-38)32(27-10-6-4-7-11-27)28-12-8-5-9-13-28/h4-17,22-23,26,32H,18-21H2,1-3H3,(H,36,39). The molecule has 1 atom stereocenters. The molecule has 1 unspecified atom stereocenters. The fraction of sp³-hybridized carbons (Fsp3) is 0.265. The third-order valence-electron chi connectivity index (χ3n) is 7.72. The van der Waals surface area contributed by atoms with Crippen LogP contribution in [-0.2, 0) is 14.8 Å². The molecule has 4 aromatic carbocycles. The summed E-state index contributed by atoms with van der Waals surface area (Å²) >= 11 is 3.47. The van der Waals surface area contributed by atoms with Gasteiger partial charge in [0.05, 0.1) is 10.9 Å². The van der Waals surface area contributed by atoms with E-state index in [9.17, 15) is 13.2 Å². The highest BCUT2D eigenvalue weighted by atomic mass is 79.9. The van der Waals surface area contributed by atoms with Crippen molar-refractivity contribution in [3.05, 3.63) is 124 Å². The Morgan fingerprint density at radius 3 is 1.84 bits per heavy atom. The number of amides is 1. The Hall–Kier alpha value is -3.50. The molecule has 1 heterocycles. The molecule has 0 bridgehead atoms. The summed E-state index contributed by atoms with van der Waals surface area (Å²) < 4.78 is 35.5. The molecule has 1 aliphatic rings. The molecular weight excluding hydrogens is 626 g/mol. The monoisotopic (exact) mass is 661 g/mol. The Morgan fingerprint density at radius 2 is 1.33 bits per heavy atom. The van der Waals surface area contributed by atoms with E-state index >= 15 is 0 Å². The third kappa shape index (κ3) is 7.18. The predicted octanol–water partition coefficient (Wildman–Crippen LogP) is 6.57. The summed E-state index contributed by atoms with van der Waals surface area (Å²) in [5, 5.41) is 2.83. The predicted molar refractivity (Wildman–Crippen MR) is 174 cm³/mol. The largest absolute Gasteiger partial charge is 0.480 e. The van der Waals surface area contributed by atoms with Crippen LogP contribution in [0.5, 0.6) is 5.75 Å². The van der Waals surface area contributed by atoms with Crippen LogP contribution in [0.3, 0.4) is 0 Å². The number of hydrogen-bond acceptors (Lipinski definition) is 5. The average molecular weight is 663 g/mol. The van der Waals surface area contributed by atoms with E-state index in [4.69, 9.17) is 4.74 Å². The fourth-order valence-corrected chi connectivity index (χ4v) is 7.61. The number of carbonyl (C=O) groups is 1. The zero-order chi connectivity index (χ0) is 30.6. The van der Waals surface area contributed by atoms with E-state index in [2.05, 4.69) is 50.4 Å². The number of piperazine rings is 1. The number of halogens is 1. The van der Waals surface area contributed by atoms with Crippen molar-refractivity contribution in [2.45, 2.75) is 37.8 Å². The summed E-state index contributed by atoms with van der Waals surface area (Å²) in [6.07, 6.45) is -0.742. The van der Waals surface area contributed by atoms with Crippen LogP contribution in [0.1, 0.15) is 35.2 Å². The zero-order valence-electron chi connectivity index (χ0n) is 24.5. The molecule has 0 aliphatic carbocycles. The molecule has 0 aromatic heterocycles. The molecule has 9 heteroatoms. The molecule has 7 nitrogen and oxygen atoms in total. The minimum absolute atomic E-state index is 0.0538. The molecule has 1 amide bonds. The maximum absolute atomic E-state index is 13.5. The van der Waals surface area contributed by atoms with Gasteiger partial charge in [-0.2, -0.15) is 4.31 Å². The lowest BCUT2D eigenvalue weighted by molar-refractivity contribution is -0.122. The van der Waals surface area contributed by atoms with Crippen molar-refractivity contribution in [1.82, 2.24) is 9.21 Å². The van der Waals surface area contributed by atoms with Crippen LogP contribution in [0.2, 0.25) is 0 Å². The topological polar surface area (TPSA) is 78.9 Å². The summed E-state index contributed by atoms with van der Waals surface area (Å²) in [5.74, 6) is 0.353. The maximum atomic E-state index is 13.5. The summed E-state index contributed by atoms with van der Waals surface area (Å²) in [6, 6.07) is 30.9. The van der Waals surface area contributed by atoms with Crippen molar-refractivity contribution >= 4 is 37.5 Å². The average Bonchev–Trinajstić information content (AvgIpc) is 3.00. The number of rotatable bonds is 9. The van der Waals surface area contributed by atoms with Gasteiger partial charge in [-0.25, -0.2) is 8.42 Å². The number of carbonyl (C=O) groups excluding carboxylic acids is 1. The van der Waals surface area contributed by atoms with Gasteiger partial charge in [-0.3, -0.25) is 9.69 Å². The van der Waals surface area contributed by atoms with E-state index in [1.807, 2.05) is 62.4 Å². The number of ether oxygens (including phenoxy) is 1. The van der Waals surface area contributed by atoms with Crippen LogP contribution in [0.4, 0.5) is 5.69 Å². The molecule has 224 valence electrons. The lowest BCUT2D eigenvalue weighted by Gasteiger charge is -2.39. The molecule has 1 aliphatic heterocycles. The van der Waals surface area contributed by atoms with Gasteiger partial charge in [-0.05, 0) is 79.4 Å². The molecule has 4 aromatic rings. The number of nitrogens with zero attached hydrogens (tertiary/aromatic N) is 2. The second kappa shape index (κ2) is 13.4. The number of aryl methyl sites for hydroxylation is 2. The van der Waals surface area contributed by atoms with Gasteiger partial charge in [0.1, 0.15) is 5.75 Å². The summed E-state index contributed by atoms with van der Waals surface area (Å²) in [4.78, 5) is 15.4. The first kappa shape index (κ1) is 30.9. The number of sulfonamides is 1. The van der Waals surface area contributed by atoms with Gasteiger partial charge >= 0.3 is 0 Å². The van der Waals surface area contributed by atoms with Gasteiger partial charge in [-0.1, -0.05) is 76.6 Å². The van der Waals surface area contributed by atoms with Crippen LogP contribution >= 0.6 is 15.9 Å². The van der Waals surface area contributed by atoms with E-state index in [-0.39, 0.29) is 16.8 Å². The highest BCUT2D eigenvalue weighted by Crippen LogP contribution is 2.31. The van der Waals surface area contributed by atoms with Gasteiger partial charge < -0.3 is 10.1 Å². The van der Waals surface area contributed by atoms with Gasteiger partial charge in [-0.15, -0.1) is 0 Å². The Balaban J connectivity index is 1.22. The molecule has 1 saturated heterocycles. The molecule has 5 rings (SSSR count). The zero-order valence-corrected chi connectivity index (χ0v) is 26.9. The van der Waals surface area contributed by atoms with E-state index in [0.717, 1.165) is 15.6 Å². The third-order valence-corrected chi connectivity index (χ3v) is 10.1. The van der Waals surface area contributed by atoms with Crippen molar-refractivity contribution in [1.29, 1.82) is 0 Å². The van der Waals surface area contributed by atoms with Gasteiger partial charge in [0, 0.05) is 36.3 Å². The van der Waals surface area contributed by atoms with Crippen LogP contribution < -0.4 is 10.1 Å². The second-order valence-corrected chi connectivity index (χ2v) is 13.7. The lowest BCUT2D eigenvalue weighted by atomic mass is 9.96. The molecule has 1 fully saturated rings. The first-order valence-electron chi connectivity index (χ1n) is 14.3. The number of anilines is 1. The minimum atomic E-state index is -3.69. The number of hydrogen-bond donors (Lipinski definition) is 1. The maximum Gasteiger partial charge on any atom is 0.265 e. The van der Waals surface area contributed by atoms with Crippen molar-refractivity contribution in [3.63, 3.8) is 0 Å². The van der Waals surface area contributed by atoms with Crippen LogP contribution in [-0.4, -0.2) is 55.8 Å². The Bertz CT molecular complexity index is 1590. The van der Waals surface area contributed by atoms with Crippen molar-refractivity contribution < 1.29 is 17.9 Å². The van der Waals surface area contributed by atoms with E-state index in [1.165, 1.54) is 11.1 Å². The molecule has 1 N–H and O–H groups in total. The highest BCUT2D eigenvalue weighted by molar-refractivity contribution is 9.10. The van der Waals surface area contributed by atoms with Gasteiger partial charge in [0.25, 0.3) is 5.91 Å². The minimum Gasteiger partial charge on any atom is -0.480 e. The fourth-order valence-electron chi connectivity index (χ4n) is 5.50. The Morgan fingerprint density at radius 1 is 0.814 bits per heavy atom. The molecule has 43 heavy (non-hydrogen) atoms. The van der Waals surface area contributed by atoms with E-state index in [1.54, 1.807) is 35.5 Å². The summed E-state index contributed by atoms with van der Waals surface area (Å²) in [6.45, 7) is 7.55. The van der Waals surface area contributed by atoms with E-state index < -0.39 is 16.1 Å². The summed E-state index contributed by atoms with van der Waals surface area (Å²) in [5.41, 5.74) is 4.73.